The largest absolute Gasteiger partial charge is 0.274 e. The van der Waals surface area contributed by atoms with Gasteiger partial charge in [-0.05, 0) is 42.5 Å². The van der Waals surface area contributed by atoms with E-state index in [4.69, 9.17) is 0 Å². The zero-order valence-corrected chi connectivity index (χ0v) is 16.9. The van der Waals surface area contributed by atoms with Gasteiger partial charge in [0.1, 0.15) is 12.1 Å². The fourth-order valence-corrected chi connectivity index (χ4v) is 3.96. The van der Waals surface area contributed by atoms with Gasteiger partial charge in [0, 0.05) is 6.42 Å². The molecule has 0 saturated heterocycles. The second kappa shape index (κ2) is 7.78. The van der Waals surface area contributed by atoms with Crippen LogP contribution in [0.1, 0.15) is 55.5 Å². The first-order valence-electron chi connectivity index (χ1n) is 9.97. The Bertz CT molecular complexity index is 994. The van der Waals surface area contributed by atoms with Crippen molar-refractivity contribution in [3.63, 3.8) is 0 Å². The number of anilines is 1. The summed E-state index contributed by atoms with van der Waals surface area (Å²) in [4.78, 5) is 19.4. The number of benzene rings is 2. The van der Waals surface area contributed by atoms with E-state index in [9.17, 15) is 9.18 Å². The van der Waals surface area contributed by atoms with E-state index in [2.05, 4.69) is 34.3 Å². The van der Waals surface area contributed by atoms with Crippen molar-refractivity contribution in [2.24, 2.45) is 5.92 Å². The zero-order chi connectivity index (χ0) is 20.5. The number of hydrogen-bond acceptors (Lipinski definition) is 3. The second-order valence-corrected chi connectivity index (χ2v) is 8.10. The minimum Gasteiger partial charge on any atom is -0.274 e. The number of carbonyl (C=O) groups is 1. The molecule has 5 nitrogen and oxygen atoms in total. The third kappa shape index (κ3) is 3.79. The molecule has 0 radical (unpaired) electrons. The number of rotatable bonds is 4. The van der Waals surface area contributed by atoms with Crippen LogP contribution in [0, 0.1) is 18.7 Å². The SMILES string of the molecule is Cc1ccc([C@@H]2C[C@@H](c3ccc(F)cc3)n3ncnc3N2C(=O)CC(C)C)cc1. The van der Waals surface area contributed by atoms with Crippen molar-refractivity contribution in [1.29, 1.82) is 0 Å². The monoisotopic (exact) mass is 392 g/mol. The Labute approximate surface area is 170 Å². The summed E-state index contributed by atoms with van der Waals surface area (Å²) in [7, 11) is 0. The molecule has 1 aromatic heterocycles. The van der Waals surface area contributed by atoms with Gasteiger partial charge >= 0.3 is 0 Å². The molecule has 29 heavy (non-hydrogen) atoms. The van der Waals surface area contributed by atoms with Crippen LogP contribution in [0.5, 0.6) is 0 Å². The van der Waals surface area contributed by atoms with Crippen molar-refractivity contribution in [2.45, 2.75) is 45.7 Å². The smallest absolute Gasteiger partial charge is 0.231 e. The van der Waals surface area contributed by atoms with Crippen molar-refractivity contribution >= 4 is 11.9 Å². The normalized spacial score (nSPS) is 18.7. The highest BCUT2D eigenvalue weighted by Crippen LogP contribution is 2.42. The molecule has 0 unspecified atom stereocenters. The number of aryl methyl sites for hydroxylation is 1. The standard InChI is InChI=1S/C23H25FN4O/c1-15(2)12-22(29)27-20(17-6-4-16(3)5-7-17)13-21(28-23(27)25-14-26-28)18-8-10-19(24)11-9-18/h4-11,14-15,20-21H,12-13H2,1-3H3/t20-,21-/m0/s1. The molecule has 0 N–H and O–H groups in total. The Morgan fingerprint density at radius 1 is 1.07 bits per heavy atom. The van der Waals surface area contributed by atoms with Crippen molar-refractivity contribution < 1.29 is 9.18 Å². The summed E-state index contributed by atoms with van der Waals surface area (Å²) < 4.78 is 15.3. The van der Waals surface area contributed by atoms with Gasteiger partial charge in [-0.25, -0.2) is 9.07 Å². The van der Waals surface area contributed by atoms with Gasteiger partial charge in [0.15, 0.2) is 0 Å². The maximum absolute atomic E-state index is 13.5. The lowest BCUT2D eigenvalue weighted by Crippen LogP contribution is -2.43. The van der Waals surface area contributed by atoms with Crippen molar-refractivity contribution in [1.82, 2.24) is 14.8 Å². The molecule has 0 bridgehead atoms. The Balaban J connectivity index is 1.81. The lowest BCUT2D eigenvalue weighted by molar-refractivity contribution is -0.120. The average Bonchev–Trinajstić information content (AvgIpc) is 3.17. The number of carbonyl (C=O) groups excluding carboxylic acids is 1. The first-order chi connectivity index (χ1) is 13.9. The van der Waals surface area contributed by atoms with Gasteiger partial charge in [-0.3, -0.25) is 9.69 Å². The first-order valence-corrected chi connectivity index (χ1v) is 9.97. The molecule has 0 spiro atoms. The Kier molecular flexibility index (Phi) is 5.18. The Hall–Kier alpha value is -3.02. The topological polar surface area (TPSA) is 51.0 Å². The molecular formula is C23H25FN4O. The summed E-state index contributed by atoms with van der Waals surface area (Å²) in [5.74, 6) is 0.554. The summed E-state index contributed by atoms with van der Waals surface area (Å²) in [5, 5.41) is 4.41. The summed E-state index contributed by atoms with van der Waals surface area (Å²) in [6, 6.07) is 14.5. The molecule has 1 amide bonds. The number of fused-ring (bicyclic) bond motifs is 1. The molecule has 3 aromatic rings. The summed E-state index contributed by atoms with van der Waals surface area (Å²) in [6.07, 6.45) is 2.57. The van der Waals surface area contributed by atoms with Crippen LogP contribution in [0.4, 0.5) is 10.3 Å². The van der Waals surface area contributed by atoms with Gasteiger partial charge < -0.3 is 0 Å². The Morgan fingerprint density at radius 2 is 1.69 bits per heavy atom. The van der Waals surface area contributed by atoms with E-state index >= 15 is 0 Å². The molecule has 0 aliphatic carbocycles. The fraction of sp³-hybridized carbons (Fsp3) is 0.348. The van der Waals surface area contributed by atoms with Gasteiger partial charge in [0.05, 0.1) is 12.1 Å². The highest BCUT2D eigenvalue weighted by Gasteiger charge is 2.39. The highest BCUT2D eigenvalue weighted by atomic mass is 19.1. The predicted octanol–water partition coefficient (Wildman–Crippen LogP) is 4.84. The van der Waals surface area contributed by atoms with Crippen LogP contribution in [0.25, 0.3) is 0 Å². The minimum absolute atomic E-state index is 0.0392. The molecule has 6 heteroatoms. The third-order valence-corrected chi connectivity index (χ3v) is 5.39. The first kappa shape index (κ1) is 19.3. The van der Waals surface area contributed by atoms with E-state index in [1.807, 2.05) is 20.8 Å². The van der Waals surface area contributed by atoms with Crippen LogP contribution >= 0.6 is 0 Å². The highest BCUT2D eigenvalue weighted by molar-refractivity contribution is 5.93. The van der Waals surface area contributed by atoms with Crippen LogP contribution in [0.15, 0.2) is 54.9 Å². The number of halogens is 1. The van der Waals surface area contributed by atoms with Gasteiger partial charge in [-0.2, -0.15) is 10.1 Å². The molecule has 4 rings (SSSR count). The van der Waals surface area contributed by atoms with Crippen molar-refractivity contribution in [2.75, 3.05) is 4.90 Å². The molecule has 0 saturated carbocycles. The van der Waals surface area contributed by atoms with Crippen LogP contribution in [0.3, 0.4) is 0 Å². The number of amides is 1. The minimum atomic E-state index is -0.271. The van der Waals surface area contributed by atoms with Gasteiger partial charge in [-0.15, -0.1) is 0 Å². The molecule has 0 fully saturated rings. The number of nitrogens with zero attached hydrogens (tertiary/aromatic N) is 4. The molecular weight excluding hydrogens is 367 g/mol. The van der Waals surface area contributed by atoms with Gasteiger partial charge in [0.25, 0.3) is 0 Å². The summed E-state index contributed by atoms with van der Waals surface area (Å²) in [5.41, 5.74) is 3.18. The van der Waals surface area contributed by atoms with E-state index in [-0.39, 0.29) is 29.7 Å². The van der Waals surface area contributed by atoms with E-state index in [1.165, 1.54) is 24.0 Å². The predicted molar refractivity (Wildman–Crippen MR) is 110 cm³/mol. The third-order valence-electron chi connectivity index (χ3n) is 5.39. The van der Waals surface area contributed by atoms with Crippen molar-refractivity contribution in [3.05, 3.63) is 77.4 Å². The molecule has 2 atom stereocenters. The van der Waals surface area contributed by atoms with E-state index in [0.717, 1.165) is 11.1 Å². The summed E-state index contributed by atoms with van der Waals surface area (Å²) >= 11 is 0. The fourth-order valence-electron chi connectivity index (χ4n) is 3.96. The van der Waals surface area contributed by atoms with E-state index < -0.39 is 0 Å². The average molecular weight is 392 g/mol. The lowest BCUT2D eigenvalue weighted by atomic mass is 9.91. The lowest BCUT2D eigenvalue weighted by Gasteiger charge is -2.39. The maximum atomic E-state index is 13.5. The van der Waals surface area contributed by atoms with Crippen LogP contribution < -0.4 is 4.90 Å². The molecule has 150 valence electrons. The quantitative estimate of drug-likeness (QED) is 0.638. The van der Waals surface area contributed by atoms with Crippen LogP contribution in [-0.4, -0.2) is 20.7 Å². The van der Waals surface area contributed by atoms with Crippen molar-refractivity contribution in [3.8, 4) is 0 Å². The van der Waals surface area contributed by atoms with Crippen LogP contribution in [0.2, 0.25) is 0 Å². The van der Waals surface area contributed by atoms with Crippen LogP contribution in [-0.2, 0) is 4.79 Å². The van der Waals surface area contributed by atoms with Gasteiger partial charge in [0.2, 0.25) is 11.9 Å². The maximum Gasteiger partial charge on any atom is 0.231 e. The molecule has 1 aliphatic rings. The molecule has 2 aromatic carbocycles. The molecule has 2 heterocycles. The Morgan fingerprint density at radius 3 is 2.34 bits per heavy atom. The summed E-state index contributed by atoms with van der Waals surface area (Å²) in [6.45, 7) is 6.12. The van der Waals surface area contributed by atoms with E-state index in [1.54, 1.807) is 21.7 Å². The second-order valence-electron chi connectivity index (χ2n) is 8.10. The number of aromatic nitrogens is 3. The zero-order valence-electron chi connectivity index (χ0n) is 16.9. The molecule has 1 aliphatic heterocycles. The van der Waals surface area contributed by atoms with E-state index in [0.29, 0.717) is 18.8 Å². The number of hydrogen-bond donors (Lipinski definition) is 0. The van der Waals surface area contributed by atoms with Gasteiger partial charge in [-0.1, -0.05) is 55.8 Å².